The van der Waals surface area contributed by atoms with E-state index in [0.717, 1.165) is 16.8 Å². The first-order valence-corrected chi connectivity index (χ1v) is 5.67. The van der Waals surface area contributed by atoms with Gasteiger partial charge in [0.25, 0.3) is 0 Å². The molecule has 0 bridgehead atoms. The Labute approximate surface area is 100 Å². The van der Waals surface area contributed by atoms with E-state index in [4.69, 9.17) is 18.0 Å². The van der Waals surface area contributed by atoms with Crippen molar-refractivity contribution >= 4 is 28.8 Å². The lowest BCUT2D eigenvalue weighted by Gasteiger charge is -2.22. The second kappa shape index (κ2) is 3.87. The quantitative estimate of drug-likeness (QED) is 0.791. The SMILES string of the molecule is CC(C)N1C(=O)Cc2c(C(N)=S)cccc21. The molecule has 84 valence electrons. The van der Waals surface area contributed by atoms with Crippen molar-refractivity contribution in [2.45, 2.75) is 26.3 Å². The fourth-order valence-electron chi connectivity index (χ4n) is 2.15. The maximum absolute atomic E-state index is 11.9. The van der Waals surface area contributed by atoms with Gasteiger partial charge in [0, 0.05) is 17.3 Å². The summed E-state index contributed by atoms with van der Waals surface area (Å²) in [5, 5.41) is 0. The number of amides is 1. The Kier molecular flexibility index (Phi) is 2.68. The van der Waals surface area contributed by atoms with Crippen molar-refractivity contribution in [1.82, 2.24) is 0 Å². The highest BCUT2D eigenvalue weighted by Crippen LogP contribution is 2.32. The Morgan fingerprint density at radius 1 is 1.50 bits per heavy atom. The molecule has 0 radical (unpaired) electrons. The van der Waals surface area contributed by atoms with Crippen LogP contribution in [-0.4, -0.2) is 16.9 Å². The molecule has 1 aliphatic rings. The first kappa shape index (κ1) is 11.1. The normalized spacial score (nSPS) is 14.4. The third kappa shape index (κ3) is 1.59. The van der Waals surface area contributed by atoms with Crippen molar-refractivity contribution < 1.29 is 4.79 Å². The molecule has 3 nitrogen and oxygen atoms in total. The summed E-state index contributed by atoms with van der Waals surface area (Å²) in [7, 11) is 0. The van der Waals surface area contributed by atoms with Crippen LogP contribution in [0.1, 0.15) is 25.0 Å². The van der Waals surface area contributed by atoms with Crippen LogP contribution < -0.4 is 10.6 Å². The lowest BCUT2D eigenvalue weighted by atomic mass is 10.0. The largest absolute Gasteiger partial charge is 0.389 e. The molecular weight excluding hydrogens is 220 g/mol. The first-order chi connectivity index (χ1) is 7.52. The van der Waals surface area contributed by atoms with Gasteiger partial charge in [0.15, 0.2) is 0 Å². The fourth-order valence-corrected chi connectivity index (χ4v) is 2.35. The molecule has 1 aliphatic heterocycles. The van der Waals surface area contributed by atoms with Crippen LogP contribution >= 0.6 is 12.2 Å². The van der Waals surface area contributed by atoms with Crippen LogP contribution in [-0.2, 0) is 11.2 Å². The van der Waals surface area contributed by atoms with E-state index in [1.165, 1.54) is 0 Å². The second-order valence-electron chi connectivity index (χ2n) is 4.20. The number of thiocarbonyl (C=S) groups is 1. The Bertz CT molecular complexity index is 468. The number of carbonyl (C=O) groups is 1. The van der Waals surface area contributed by atoms with Crippen LogP contribution in [0, 0.1) is 0 Å². The molecule has 1 amide bonds. The molecule has 2 N–H and O–H groups in total. The van der Waals surface area contributed by atoms with Gasteiger partial charge in [0.2, 0.25) is 5.91 Å². The topological polar surface area (TPSA) is 46.3 Å². The molecule has 0 saturated heterocycles. The van der Waals surface area contributed by atoms with Gasteiger partial charge in [-0.2, -0.15) is 0 Å². The Hall–Kier alpha value is -1.42. The summed E-state index contributed by atoms with van der Waals surface area (Å²) in [6, 6.07) is 5.87. The monoisotopic (exact) mass is 234 g/mol. The smallest absolute Gasteiger partial charge is 0.231 e. The Morgan fingerprint density at radius 3 is 2.75 bits per heavy atom. The van der Waals surface area contributed by atoms with E-state index in [1.807, 2.05) is 32.0 Å². The molecule has 0 spiro atoms. The summed E-state index contributed by atoms with van der Waals surface area (Å²) < 4.78 is 0. The van der Waals surface area contributed by atoms with Crippen molar-refractivity contribution in [3.63, 3.8) is 0 Å². The predicted molar refractivity (Wildman–Crippen MR) is 68.7 cm³/mol. The summed E-state index contributed by atoms with van der Waals surface area (Å²) in [5.41, 5.74) is 8.39. The van der Waals surface area contributed by atoms with Gasteiger partial charge in [-0.3, -0.25) is 4.79 Å². The zero-order chi connectivity index (χ0) is 11.9. The van der Waals surface area contributed by atoms with Crippen LogP contribution in [0.4, 0.5) is 5.69 Å². The zero-order valence-corrected chi connectivity index (χ0v) is 10.2. The number of carbonyl (C=O) groups excluding carboxylic acids is 1. The maximum atomic E-state index is 11.9. The molecule has 0 fully saturated rings. The number of nitrogens with zero attached hydrogens (tertiary/aromatic N) is 1. The van der Waals surface area contributed by atoms with Crippen molar-refractivity contribution in [2.75, 3.05) is 4.90 Å². The third-order valence-electron chi connectivity index (χ3n) is 2.79. The molecule has 1 aromatic carbocycles. The Balaban J connectivity index is 2.57. The maximum Gasteiger partial charge on any atom is 0.231 e. The van der Waals surface area contributed by atoms with Gasteiger partial charge in [-0.15, -0.1) is 0 Å². The van der Waals surface area contributed by atoms with Gasteiger partial charge in [0.1, 0.15) is 4.99 Å². The van der Waals surface area contributed by atoms with E-state index in [1.54, 1.807) is 4.90 Å². The number of rotatable bonds is 2. The predicted octanol–water partition coefficient (Wildman–Crippen LogP) is 1.62. The highest BCUT2D eigenvalue weighted by molar-refractivity contribution is 7.80. The van der Waals surface area contributed by atoms with Gasteiger partial charge in [-0.1, -0.05) is 24.4 Å². The zero-order valence-electron chi connectivity index (χ0n) is 9.36. The molecule has 2 rings (SSSR count). The molecule has 0 aromatic heterocycles. The fraction of sp³-hybridized carbons (Fsp3) is 0.333. The number of fused-ring (bicyclic) bond motifs is 1. The summed E-state index contributed by atoms with van der Waals surface area (Å²) in [5.74, 6) is 0.119. The standard InChI is InChI=1S/C12H14N2OS/c1-7(2)14-10-5-3-4-8(12(13)16)9(10)6-11(14)15/h3-5,7H,6H2,1-2H3,(H2,13,16). The molecule has 0 unspecified atom stereocenters. The summed E-state index contributed by atoms with van der Waals surface area (Å²) in [6.45, 7) is 4.00. The minimum absolute atomic E-state index is 0.119. The van der Waals surface area contributed by atoms with Crippen LogP contribution in [0.5, 0.6) is 0 Å². The van der Waals surface area contributed by atoms with Gasteiger partial charge in [-0.05, 0) is 25.5 Å². The van der Waals surface area contributed by atoms with E-state index >= 15 is 0 Å². The number of hydrogen-bond acceptors (Lipinski definition) is 2. The van der Waals surface area contributed by atoms with Crippen LogP contribution in [0.2, 0.25) is 0 Å². The second-order valence-corrected chi connectivity index (χ2v) is 4.64. The van der Waals surface area contributed by atoms with E-state index in [2.05, 4.69) is 0 Å². The van der Waals surface area contributed by atoms with E-state index in [0.29, 0.717) is 11.4 Å². The molecule has 0 atom stereocenters. The third-order valence-corrected chi connectivity index (χ3v) is 3.01. The summed E-state index contributed by atoms with van der Waals surface area (Å²) in [4.78, 5) is 14.0. The van der Waals surface area contributed by atoms with E-state index < -0.39 is 0 Å². The molecule has 4 heteroatoms. The first-order valence-electron chi connectivity index (χ1n) is 5.26. The summed E-state index contributed by atoms with van der Waals surface area (Å²) >= 11 is 4.99. The number of nitrogens with two attached hydrogens (primary N) is 1. The highest BCUT2D eigenvalue weighted by Gasteiger charge is 2.31. The lowest BCUT2D eigenvalue weighted by Crippen LogP contribution is -2.33. The van der Waals surface area contributed by atoms with Gasteiger partial charge >= 0.3 is 0 Å². The Morgan fingerprint density at radius 2 is 2.19 bits per heavy atom. The molecule has 0 saturated carbocycles. The number of benzene rings is 1. The molecule has 1 aromatic rings. The van der Waals surface area contributed by atoms with Crippen molar-refractivity contribution in [1.29, 1.82) is 0 Å². The highest BCUT2D eigenvalue weighted by atomic mass is 32.1. The number of hydrogen-bond donors (Lipinski definition) is 1. The molecule has 0 aliphatic carbocycles. The average Bonchev–Trinajstić information content (AvgIpc) is 2.52. The van der Waals surface area contributed by atoms with Crippen molar-refractivity contribution in [3.8, 4) is 0 Å². The van der Waals surface area contributed by atoms with E-state index in [-0.39, 0.29) is 11.9 Å². The van der Waals surface area contributed by atoms with E-state index in [9.17, 15) is 4.79 Å². The molecule has 1 heterocycles. The van der Waals surface area contributed by atoms with Crippen LogP contribution in [0.15, 0.2) is 18.2 Å². The molecule has 16 heavy (non-hydrogen) atoms. The minimum atomic E-state index is 0.119. The van der Waals surface area contributed by atoms with Crippen LogP contribution in [0.3, 0.4) is 0 Å². The van der Waals surface area contributed by atoms with Crippen molar-refractivity contribution in [2.24, 2.45) is 5.73 Å². The molecular formula is C12H14N2OS. The van der Waals surface area contributed by atoms with Gasteiger partial charge in [0.05, 0.1) is 6.42 Å². The minimum Gasteiger partial charge on any atom is -0.389 e. The van der Waals surface area contributed by atoms with Gasteiger partial charge in [-0.25, -0.2) is 0 Å². The average molecular weight is 234 g/mol. The van der Waals surface area contributed by atoms with Crippen LogP contribution in [0.25, 0.3) is 0 Å². The summed E-state index contributed by atoms with van der Waals surface area (Å²) in [6.07, 6.45) is 0.404. The number of anilines is 1. The van der Waals surface area contributed by atoms with Gasteiger partial charge < -0.3 is 10.6 Å². The van der Waals surface area contributed by atoms with Crippen molar-refractivity contribution in [3.05, 3.63) is 29.3 Å². The lowest BCUT2D eigenvalue weighted by molar-refractivity contribution is -0.117.